The third-order valence-electron chi connectivity index (χ3n) is 2.67. The summed E-state index contributed by atoms with van der Waals surface area (Å²) in [5.74, 6) is 0.853. The van der Waals surface area contributed by atoms with Crippen molar-refractivity contribution in [1.82, 2.24) is 5.32 Å². The number of amides is 1. The van der Waals surface area contributed by atoms with E-state index < -0.39 is 5.60 Å². The molecule has 1 amide bonds. The number of carbonyl (C=O) groups excluding carboxylic acids is 1. The Labute approximate surface area is 127 Å². The highest BCUT2D eigenvalue weighted by Crippen LogP contribution is 2.21. The fraction of sp³-hybridized carbons (Fsp3) is 0.471. The van der Waals surface area contributed by atoms with Crippen LogP contribution in [0.5, 0.6) is 5.75 Å². The number of benzene rings is 1. The monoisotopic (exact) mass is 291 g/mol. The molecule has 0 atom stereocenters. The van der Waals surface area contributed by atoms with E-state index in [1.54, 1.807) is 7.11 Å². The normalized spacial score (nSPS) is 11.5. The maximum absolute atomic E-state index is 11.5. The van der Waals surface area contributed by atoms with E-state index in [9.17, 15) is 4.79 Å². The molecule has 0 bridgehead atoms. The molecule has 116 valence electrons. The van der Waals surface area contributed by atoms with Crippen LogP contribution in [0.1, 0.15) is 38.3 Å². The smallest absolute Gasteiger partial charge is 0.407 e. The zero-order chi connectivity index (χ0) is 15.9. The first-order valence-electron chi connectivity index (χ1n) is 7.10. The summed E-state index contributed by atoms with van der Waals surface area (Å²) in [6.07, 6.45) is 4.35. The fourth-order valence-electron chi connectivity index (χ4n) is 1.74. The van der Waals surface area contributed by atoms with Crippen molar-refractivity contribution in [2.75, 3.05) is 13.7 Å². The number of rotatable bonds is 5. The van der Waals surface area contributed by atoms with Crippen LogP contribution in [0.2, 0.25) is 0 Å². The highest BCUT2D eigenvalue weighted by Gasteiger charge is 2.15. The van der Waals surface area contributed by atoms with E-state index in [4.69, 9.17) is 9.47 Å². The molecule has 1 aromatic rings. The Kier molecular flexibility index (Phi) is 6.28. The van der Waals surface area contributed by atoms with Gasteiger partial charge in [0.15, 0.2) is 0 Å². The SMILES string of the molecule is COc1cc(C)ccc1C=CCCNC(=O)OC(C)(C)C. The number of ether oxygens (including phenoxy) is 2. The molecule has 0 heterocycles. The topological polar surface area (TPSA) is 47.6 Å². The molecular formula is C17H25NO3. The van der Waals surface area contributed by atoms with Crippen LogP contribution < -0.4 is 10.1 Å². The van der Waals surface area contributed by atoms with Crippen molar-refractivity contribution in [3.63, 3.8) is 0 Å². The Balaban J connectivity index is 2.41. The summed E-state index contributed by atoms with van der Waals surface area (Å²) in [4.78, 5) is 11.5. The van der Waals surface area contributed by atoms with Gasteiger partial charge in [-0.3, -0.25) is 0 Å². The van der Waals surface area contributed by atoms with Crippen molar-refractivity contribution in [3.05, 3.63) is 35.4 Å². The maximum atomic E-state index is 11.5. The van der Waals surface area contributed by atoms with Gasteiger partial charge in [-0.25, -0.2) is 4.79 Å². The van der Waals surface area contributed by atoms with Gasteiger partial charge >= 0.3 is 6.09 Å². The van der Waals surface area contributed by atoms with Gasteiger partial charge in [0, 0.05) is 12.1 Å². The van der Waals surface area contributed by atoms with Crippen LogP contribution in [0.25, 0.3) is 6.08 Å². The lowest BCUT2D eigenvalue weighted by Crippen LogP contribution is -2.32. The maximum Gasteiger partial charge on any atom is 0.407 e. The molecule has 4 nitrogen and oxygen atoms in total. The minimum atomic E-state index is -0.463. The third kappa shape index (κ3) is 6.84. The van der Waals surface area contributed by atoms with Crippen molar-refractivity contribution in [2.45, 2.75) is 39.7 Å². The Morgan fingerprint density at radius 2 is 2.05 bits per heavy atom. The van der Waals surface area contributed by atoms with Crippen LogP contribution in [0.15, 0.2) is 24.3 Å². The second-order valence-electron chi connectivity index (χ2n) is 5.87. The molecule has 1 rings (SSSR count). The van der Waals surface area contributed by atoms with E-state index in [1.807, 2.05) is 58.0 Å². The van der Waals surface area contributed by atoms with E-state index in [0.717, 1.165) is 23.3 Å². The minimum absolute atomic E-state index is 0.385. The zero-order valence-electron chi connectivity index (χ0n) is 13.5. The highest BCUT2D eigenvalue weighted by atomic mass is 16.6. The number of hydrogen-bond donors (Lipinski definition) is 1. The molecule has 0 aliphatic rings. The van der Waals surface area contributed by atoms with E-state index in [-0.39, 0.29) is 6.09 Å². The average molecular weight is 291 g/mol. The summed E-state index contributed by atoms with van der Waals surface area (Å²) in [6, 6.07) is 6.06. The van der Waals surface area contributed by atoms with Crippen molar-refractivity contribution in [3.8, 4) is 5.75 Å². The van der Waals surface area contributed by atoms with Crippen LogP contribution >= 0.6 is 0 Å². The van der Waals surface area contributed by atoms with Crippen LogP contribution in [-0.2, 0) is 4.74 Å². The molecule has 21 heavy (non-hydrogen) atoms. The van der Waals surface area contributed by atoms with Gasteiger partial charge < -0.3 is 14.8 Å². The molecule has 0 aliphatic carbocycles. The molecule has 1 aromatic carbocycles. The summed E-state index contributed by atoms with van der Waals surface area (Å²) < 4.78 is 10.5. The van der Waals surface area contributed by atoms with Gasteiger partial charge in [-0.1, -0.05) is 24.3 Å². The van der Waals surface area contributed by atoms with E-state index in [2.05, 4.69) is 5.32 Å². The molecule has 4 heteroatoms. The molecule has 0 aromatic heterocycles. The van der Waals surface area contributed by atoms with Gasteiger partial charge in [-0.2, -0.15) is 0 Å². The van der Waals surface area contributed by atoms with Crippen molar-refractivity contribution < 1.29 is 14.3 Å². The minimum Gasteiger partial charge on any atom is -0.496 e. The summed E-state index contributed by atoms with van der Waals surface area (Å²) in [5, 5.41) is 2.72. The Morgan fingerprint density at radius 3 is 2.67 bits per heavy atom. The van der Waals surface area contributed by atoms with Gasteiger partial charge in [0.2, 0.25) is 0 Å². The van der Waals surface area contributed by atoms with Crippen LogP contribution in [0.3, 0.4) is 0 Å². The first-order valence-corrected chi connectivity index (χ1v) is 7.10. The summed E-state index contributed by atoms with van der Waals surface area (Å²) in [6.45, 7) is 8.10. The predicted molar refractivity (Wildman–Crippen MR) is 85.6 cm³/mol. The van der Waals surface area contributed by atoms with E-state index >= 15 is 0 Å². The van der Waals surface area contributed by atoms with Gasteiger partial charge in [-0.05, 0) is 45.7 Å². The standard InChI is InChI=1S/C17H25NO3/c1-13-9-10-14(15(12-13)20-5)8-6-7-11-18-16(19)21-17(2,3)4/h6,8-10,12H,7,11H2,1-5H3,(H,18,19). The largest absolute Gasteiger partial charge is 0.496 e. The quantitative estimate of drug-likeness (QED) is 0.836. The number of alkyl carbamates (subject to hydrolysis) is 1. The molecule has 0 radical (unpaired) electrons. The lowest BCUT2D eigenvalue weighted by molar-refractivity contribution is 0.0529. The summed E-state index contributed by atoms with van der Waals surface area (Å²) >= 11 is 0. The van der Waals surface area contributed by atoms with E-state index in [1.165, 1.54) is 0 Å². The molecule has 1 N–H and O–H groups in total. The van der Waals surface area contributed by atoms with Gasteiger partial charge in [0.05, 0.1) is 7.11 Å². The Bertz CT molecular complexity index is 501. The number of methoxy groups -OCH3 is 1. The third-order valence-corrected chi connectivity index (χ3v) is 2.67. The Hall–Kier alpha value is -1.97. The number of carbonyl (C=O) groups is 1. The van der Waals surface area contributed by atoms with Gasteiger partial charge in [-0.15, -0.1) is 0 Å². The fourth-order valence-corrected chi connectivity index (χ4v) is 1.74. The second-order valence-corrected chi connectivity index (χ2v) is 5.87. The molecule has 0 saturated carbocycles. The zero-order valence-corrected chi connectivity index (χ0v) is 13.5. The number of nitrogens with one attached hydrogen (secondary N) is 1. The second kappa shape index (κ2) is 7.72. The van der Waals surface area contributed by atoms with Crippen LogP contribution in [0, 0.1) is 6.92 Å². The predicted octanol–water partition coefficient (Wildman–Crippen LogP) is 3.93. The highest BCUT2D eigenvalue weighted by molar-refractivity contribution is 5.67. The molecule has 0 fully saturated rings. The summed E-state index contributed by atoms with van der Waals surface area (Å²) in [5.41, 5.74) is 1.73. The summed E-state index contributed by atoms with van der Waals surface area (Å²) in [7, 11) is 1.66. The van der Waals surface area contributed by atoms with Gasteiger partial charge in [0.1, 0.15) is 11.4 Å². The van der Waals surface area contributed by atoms with Crippen molar-refractivity contribution in [2.24, 2.45) is 0 Å². The lowest BCUT2D eigenvalue weighted by atomic mass is 10.1. The lowest BCUT2D eigenvalue weighted by Gasteiger charge is -2.19. The molecular weight excluding hydrogens is 266 g/mol. The molecule has 0 aliphatic heterocycles. The Morgan fingerprint density at radius 1 is 1.33 bits per heavy atom. The average Bonchev–Trinajstić information content (AvgIpc) is 2.37. The van der Waals surface area contributed by atoms with Crippen LogP contribution in [-0.4, -0.2) is 25.3 Å². The van der Waals surface area contributed by atoms with Crippen molar-refractivity contribution >= 4 is 12.2 Å². The first kappa shape index (κ1) is 17.1. The molecule has 0 unspecified atom stereocenters. The van der Waals surface area contributed by atoms with Crippen LogP contribution in [0.4, 0.5) is 4.79 Å². The van der Waals surface area contributed by atoms with Gasteiger partial charge in [0.25, 0.3) is 0 Å². The first-order chi connectivity index (χ1) is 9.81. The molecule has 0 spiro atoms. The van der Waals surface area contributed by atoms with Crippen molar-refractivity contribution in [1.29, 1.82) is 0 Å². The molecule has 0 saturated heterocycles. The number of aryl methyl sites for hydroxylation is 1. The van der Waals surface area contributed by atoms with E-state index in [0.29, 0.717) is 6.54 Å². The number of hydrogen-bond acceptors (Lipinski definition) is 3.